The number of benzene rings is 3. The van der Waals surface area contributed by atoms with Crippen LogP contribution in [0.5, 0.6) is 0 Å². The molecule has 2 aromatic rings. The fraction of sp³-hybridized carbons (Fsp3) is 0.136. The van der Waals surface area contributed by atoms with Crippen LogP contribution in [-0.2, 0) is 15.0 Å². The molecule has 4 rings (SSSR count). The van der Waals surface area contributed by atoms with E-state index in [1.54, 1.807) is 0 Å². The molecule has 0 atom stereocenters. The monoisotopic (exact) mass is 387 g/mol. The van der Waals surface area contributed by atoms with Gasteiger partial charge in [-0.1, -0.05) is 0 Å². The van der Waals surface area contributed by atoms with E-state index in [4.69, 9.17) is 15.0 Å². The van der Waals surface area contributed by atoms with Crippen LogP contribution in [-0.4, -0.2) is 14.1 Å². The van der Waals surface area contributed by atoms with E-state index in [-0.39, 0.29) is 0 Å². The van der Waals surface area contributed by atoms with Gasteiger partial charge in [0.15, 0.2) is 0 Å². The molecule has 1 nitrogen and oxygen atoms in total. The Morgan fingerprint density at radius 2 is 1.68 bits per heavy atom. The Hall–Kier alpha value is -1.96. The molecule has 0 unspecified atom stereocenters. The fourth-order valence-electron chi connectivity index (χ4n) is 3.26. The van der Waals surface area contributed by atoms with Crippen molar-refractivity contribution >= 4 is 27.1 Å². The van der Waals surface area contributed by atoms with Crippen LogP contribution >= 0.6 is 11.3 Å². The van der Waals surface area contributed by atoms with Crippen molar-refractivity contribution in [2.75, 3.05) is 19.0 Å². The number of aryl methyl sites for hydroxylation is 1. The van der Waals surface area contributed by atoms with Gasteiger partial charge in [0.05, 0.1) is 0 Å². The normalized spacial score (nSPS) is 11.2. The van der Waals surface area contributed by atoms with Crippen LogP contribution < -0.4 is 4.90 Å². The molecule has 25 heavy (non-hydrogen) atoms. The van der Waals surface area contributed by atoms with Crippen molar-refractivity contribution < 1.29 is 15.0 Å². The Bertz CT molecular complexity index is 1110. The molecule has 0 saturated heterocycles. The van der Waals surface area contributed by atoms with Crippen LogP contribution in [0.15, 0.2) is 60.7 Å². The van der Waals surface area contributed by atoms with E-state index >= 15 is 0 Å². The zero-order chi connectivity index (χ0) is 17.6. The van der Waals surface area contributed by atoms with Crippen LogP contribution in [0.2, 0.25) is 0 Å². The molecule has 0 N–H and O–H groups in total. The Labute approximate surface area is 159 Å². The summed E-state index contributed by atoms with van der Waals surface area (Å²) in [6.07, 6.45) is 0. The van der Waals surface area contributed by atoms with E-state index in [1.165, 1.54) is 42.9 Å². The molecule has 2 aliphatic rings. The van der Waals surface area contributed by atoms with Crippen molar-refractivity contribution in [3.05, 3.63) is 70.4 Å². The topological polar surface area (TPSA) is 3.24 Å². The third-order valence-electron chi connectivity index (χ3n) is 4.58. The zero-order valence-electron chi connectivity index (χ0n) is 14.4. The second-order valence-electron chi connectivity index (χ2n) is 6.47. The molecule has 1 heterocycles. The molecule has 128 valence electrons. The third-order valence-corrected chi connectivity index (χ3v) is 6.00. The van der Waals surface area contributed by atoms with Gasteiger partial charge in [0.1, 0.15) is 0 Å². The van der Waals surface area contributed by atoms with Gasteiger partial charge in [-0.3, -0.25) is 0 Å². The van der Waals surface area contributed by atoms with Crippen molar-refractivity contribution in [2.24, 2.45) is 0 Å². The molecular weight excluding hydrogens is 369 g/mol. The average molecular weight is 388 g/mol. The van der Waals surface area contributed by atoms with Crippen molar-refractivity contribution in [3.63, 3.8) is 0 Å². The second-order valence-corrected chi connectivity index (χ2v) is 8.13. The maximum absolute atomic E-state index is 5.09. The van der Waals surface area contributed by atoms with Crippen LogP contribution in [0, 0.1) is 11.1 Å². The van der Waals surface area contributed by atoms with Gasteiger partial charge in [0.2, 0.25) is 0 Å². The Morgan fingerprint density at radius 3 is 2.44 bits per heavy atom. The Morgan fingerprint density at radius 1 is 0.880 bits per heavy atom. The van der Waals surface area contributed by atoms with E-state index in [0.717, 1.165) is 4.14 Å². The van der Waals surface area contributed by atoms with Crippen LogP contribution in [0.4, 0.5) is 5.69 Å². The molecule has 0 amide bonds. The SMILES string of the molecule is Cc1ccccc1-c1c2cc[c](=[Ni])cc-2sc2cc(N(C)C)ccc12. The first kappa shape index (κ1) is 16.5. The summed E-state index contributed by atoms with van der Waals surface area (Å²) in [5, 5.41) is 1.30. The predicted molar refractivity (Wildman–Crippen MR) is 106 cm³/mol. The van der Waals surface area contributed by atoms with Gasteiger partial charge in [-0.05, 0) is 0 Å². The van der Waals surface area contributed by atoms with Gasteiger partial charge in [-0.25, -0.2) is 0 Å². The van der Waals surface area contributed by atoms with Crippen molar-refractivity contribution in [1.29, 1.82) is 0 Å². The van der Waals surface area contributed by atoms with Gasteiger partial charge >= 0.3 is 160 Å². The first-order valence-corrected chi connectivity index (χ1v) is 9.55. The number of hydrogen-bond acceptors (Lipinski definition) is 2. The van der Waals surface area contributed by atoms with Gasteiger partial charge in [-0.2, -0.15) is 0 Å². The number of rotatable bonds is 2. The second kappa shape index (κ2) is 6.40. The van der Waals surface area contributed by atoms with E-state index in [1.807, 2.05) is 11.3 Å². The summed E-state index contributed by atoms with van der Waals surface area (Å²) in [6, 6.07) is 21.7. The standard InChI is InChI=1S/C22H19NS.Ni/c1-15-8-4-5-9-17(15)22-18-10-6-7-11-20(18)24-21-14-16(23(2)3)12-13-19(21)22;/h4-6,8-14H,1-3H3;. The van der Waals surface area contributed by atoms with Crippen molar-refractivity contribution in [2.45, 2.75) is 6.92 Å². The van der Waals surface area contributed by atoms with Crippen LogP contribution in [0.3, 0.4) is 0 Å². The molecule has 0 radical (unpaired) electrons. The summed E-state index contributed by atoms with van der Waals surface area (Å²) in [7, 11) is 4.16. The Balaban J connectivity index is 2.17. The zero-order valence-corrected chi connectivity index (χ0v) is 16.2. The third kappa shape index (κ3) is 2.92. The summed E-state index contributed by atoms with van der Waals surface area (Å²) < 4.78 is 2.23. The van der Waals surface area contributed by atoms with E-state index in [0.29, 0.717) is 0 Å². The Kier molecular flexibility index (Phi) is 4.23. The number of anilines is 1. The summed E-state index contributed by atoms with van der Waals surface area (Å²) in [5.41, 5.74) is 6.40. The van der Waals surface area contributed by atoms with Crippen LogP contribution in [0.1, 0.15) is 5.56 Å². The predicted octanol–water partition coefficient (Wildman–Crippen LogP) is 6.13. The fourth-order valence-corrected chi connectivity index (χ4v) is 4.73. The summed E-state index contributed by atoms with van der Waals surface area (Å²) in [5.74, 6) is 0. The molecular formula is C22H19NNiS. The van der Waals surface area contributed by atoms with Gasteiger partial charge in [-0.15, -0.1) is 0 Å². The molecule has 0 bridgehead atoms. The first-order chi connectivity index (χ1) is 12.0. The van der Waals surface area contributed by atoms with E-state index < -0.39 is 0 Å². The molecule has 1 aliphatic carbocycles. The number of nitrogens with zero attached hydrogens (tertiary/aromatic N) is 1. The molecule has 0 saturated carbocycles. The molecule has 1 aliphatic heterocycles. The minimum atomic E-state index is 0.933. The maximum atomic E-state index is 5.09. The van der Waals surface area contributed by atoms with Gasteiger partial charge < -0.3 is 0 Å². The molecule has 0 fully saturated rings. The van der Waals surface area contributed by atoms with Crippen LogP contribution in [0.25, 0.3) is 31.7 Å². The first-order valence-electron chi connectivity index (χ1n) is 8.24. The number of fused-ring (bicyclic) bond motifs is 2. The van der Waals surface area contributed by atoms with Gasteiger partial charge in [0, 0.05) is 0 Å². The molecule has 2 aromatic carbocycles. The molecule has 0 aromatic heterocycles. The summed E-state index contributed by atoms with van der Waals surface area (Å²) >= 11 is 6.91. The quantitative estimate of drug-likeness (QED) is 0.295. The van der Waals surface area contributed by atoms with E-state index in [9.17, 15) is 0 Å². The van der Waals surface area contributed by atoms with Gasteiger partial charge in [0.25, 0.3) is 0 Å². The van der Waals surface area contributed by atoms with Crippen molar-refractivity contribution in [1.82, 2.24) is 0 Å². The average Bonchev–Trinajstić information content (AvgIpc) is 2.59. The molecule has 3 heteroatoms. The minimum absolute atomic E-state index is 0.933. The molecule has 0 spiro atoms. The summed E-state index contributed by atoms with van der Waals surface area (Å²) in [6.45, 7) is 2.18. The van der Waals surface area contributed by atoms with E-state index in [2.05, 4.69) is 86.6 Å². The number of hydrogen-bond donors (Lipinski definition) is 0. The summed E-state index contributed by atoms with van der Waals surface area (Å²) in [4.78, 5) is 3.40. The van der Waals surface area contributed by atoms with Crippen molar-refractivity contribution in [3.8, 4) is 21.6 Å².